The number of nitrogens with one attached hydrogen (secondary N) is 2. The minimum absolute atomic E-state index is 0.205. The highest BCUT2D eigenvalue weighted by Crippen LogP contribution is 2.36. The Labute approximate surface area is 144 Å². The van der Waals surface area contributed by atoms with Gasteiger partial charge in [0.25, 0.3) is 0 Å². The fourth-order valence-electron chi connectivity index (χ4n) is 2.61. The molecule has 0 aromatic heterocycles. The smallest absolute Gasteiger partial charge is 0.191 e. The number of benzene rings is 1. The molecule has 4 nitrogen and oxygen atoms in total. The van der Waals surface area contributed by atoms with Crippen LogP contribution in [0.4, 0.5) is 0 Å². The maximum absolute atomic E-state index is 5.66. The molecule has 23 heavy (non-hydrogen) atoms. The van der Waals surface area contributed by atoms with Crippen molar-refractivity contribution in [1.29, 1.82) is 0 Å². The Morgan fingerprint density at radius 3 is 2.61 bits per heavy atom. The molecule has 2 rings (SSSR count). The summed E-state index contributed by atoms with van der Waals surface area (Å²) >= 11 is 2.06. The highest BCUT2D eigenvalue weighted by Gasteiger charge is 2.29. The summed E-state index contributed by atoms with van der Waals surface area (Å²) in [6.07, 6.45) is 2.80. The minimum atomic E-state index is 0.205. The Balaban J connectivity index is 1.78. The van der Waals surface area contributed by atoms with Gasteiger partial charge in [0.05, 0.1) is 6.10 Å². The van der Waals surface area contributed by atoms with E-state index in [-0.39, 0.29) is 6.10 Å². The van der Waals surface area contributed by atoms with Crippen LogP contribution in [-0.4, -0.2) is 36.2 Å². The Morgan fingerprint density at radius 1 is 1.30 bits per heavy atom. The van der Waals surface area contributed by atoms with Crippen molar-refractivity contribution in [3.63, 3.8) is 0 Å². The first-order valence-corrected chi connectivity index (χ1v) is 9.33. The van der Waals surface area contributed by atoms with Crippen molar-refractivity contribution >= 4 is 17.7 Å². The van der Waals surface area contributed by atoms with Gasteiger partial charge in [-0.3, -0.25) is 4.99 Å². The molecule has 128 valence electrons. The van der Waals surface area contributed by atoms with Crippen molar-refractivity contribution < 1.29 is 4.74 Å². The molecule has 1 atom stereocenters. The molecule has 1 fully saturated rings. The third-order valence-electron chi connectivity index (χ3n) is 3.91. The summed E-state index contributed by atoms with van der Waals surface area (Å²) in [5.41, 5.74) is 1.21. The van der Waals surface area contributed by atoms with E-state index in [9.17, 15) is 0 Å². The zero-order valence-electron chi connectivity index (χ0n) is 14.7. The van der Waals surface area contributed by atoms with E-state index in [1.807, 2.05) is 33.0 Å². The molecule has 1 aromatic rings. The monoisotopic (exact) mass is 335 g/mol. The summed E-state index contributed by atoms with van der Waals surface area (Å²) < 4.78 is 6.00. The van der Waals surface area contributed by atoms with Gasteiger partial charge in [-0.2, -0.15) is 11.8 Å². The third-order valence-corrected chi connectivity index (χ3v) is 5.45. The molecule has 2 N–H and O–H groups in total. The normalized spacial score (nSPS) is 21.5. The number of hydrogen-bond acceptors (Lipinski definition) is 3. The lowest BCUT2D eigenvalue weighted by Crippen LogP contribution is -2.43. The van der Waals surface area contributed by atoms with Gasteiger partial charge in [0.2, 0.25) is 0 Å². The average Bonchev–Trinajstić information content (AvgIpc) is 2.95. The summed E-state index contributed by atoms with van der Waals surface area (Å²) in [5, 5.41) is 6.83. The van der Waals surface area contributed by atoms with Gasteiger partial charge in [-0.25, -0.2) is 0 Å². The summed E-state index contributed by atoms with van der Waals surface area (Å²) in [6, 6.07) is 8.21. The molecule has 1 heterocycles. The maximum atomic E-state index is 5.66. The second-order valence-electron chi connectivity index (χ2n) is 6.49. The summed E-state index contributed by atoms with van der Waals surface area (Å²) in [5.74, 6) is 3.05. The van der Waals surface area contributed by atoms with Crippen LogP contribution in [0.15, 0.2) is 29.3 Å². The number of ether oxygens (including phenoxy) is 1. The Bertz CT molecular complexity index is 508. The molecule has 0 aliphatic carbocycles. The predicted octanol–water partition coefficient (Wildman–Crippen LogP) is 3.42. The number of nitrogens with zero attached hydrogens (tertiary/aromatic N) is 1. The molecule has 1 aliphatic heterocycles. The molecule has 1 aliphatic rings. The van der Waals surface area contributed by atoms with Crippen LogP contribution >= 0.6 is 11.8 Å². The van der Waals surface area contributed by atoms with Crippen LogP contribution in [0.1, 0.15) is 39.2 Å². The molecule has 0 radical (unpaired) electrons. The van der Waals surface area contributed by atoms with Crippen LogP contribution in [-0.2, 0) is 6.54 Å². The molecule has 1 saturated heterocycles. The number of thioether (sulfide) groups is 1. The highest BCUT2D eigenvalue weighted by molar-refractivity contribution is 8.00. The minimum Gasteiger partial charge on any atom is -0.491 e. The first-order valence-electron chi connectivity index (χ1n) is 8.35. The van der Waals surface area contributed by atoms with Crippen LogP contribution in [0, 0.1) is 0 Å². The fraction of sp³-hybridized carbons (Fsp3) is 0.611. The summed E-state index contributed by atoms with van der Waals surface area (Å²) in [7, 11) is 1.82. The van der Waals surface area contributed by atoms with E-state index in [0.29, 0.717) is 4.75 Å². The van der Waals surface area contributed by atoms with Gasteiger partial charge in [-0.15, -0.1) is 0 Å². The molecule has 1 aromatic carbocycles. The molecule has 0 amide bonds. The molecular formula is C18H29N3OS. The molecule has 1 unspecified atom stereocenters. The van der Waals surface area contributed by atoms with Crippen LogP contribution < -0.4 is 15.4 Å². The number of guanidine groups is 1. The maximum Gasteiger partial charge on any atom is 0.191 e. The van der Waals surface area contributed by atoms with Crippen molar-refractivity contribution in [2.75, 3.05) is 19.3 Å². The number of rotatable bonds is 6. The van der Waals surface area contributed by atoms with Crippen LogP contribution in [0.5, 0.6) is 5.75 Å². The third kappa shape index (κ3) is 5.98. The molecule has 0 saturated carbocycles. The zero-order valence-corrected chi connectivity index (χ0v) is 15.5. The van der Waals surface area contributed by atoms with E-state index in [1.165, 1.54) is 24.2 Å². The van der Waals surface area contributed by atoms with Gasteiger partial charge in [0, 0.05) is 24.9 Å². The van der Waals surface area contributed by atoms with Crippen molar-refractivity contribution in [3.05, 3.63) is 29.8 Å². The topological polar surface area (TPSA) is 45.7 Å². The summed E-state index contributed by atoms with van der Waals surface area (Å²) in [6.45, 7) is 8.12. The van der Waals surface area contributed by atoms with E-state index in [1.54, 1.807) is 0 Å². The predicted molar refractivity (Wildman–Crippen MR) is 101 cm³/mol. The SMILES string of the molecule is CN=C(NCc1ccc(OC(C)C)cc1)NCC1(C)CCCS1. The van der Waals surface area contributed by atoms with Crippen LogP contribution in [0.2, 0.25) is 0 Å². The Morgan fingerprint density at radius 2 is 2.04 bits per heavy atom. The summed E-state index contributed by atoms with van der Waals surface area (Å²) in [4.78, 5) is 4.31. The van der Waals surface area contributed by atoms with Crippen molar-refractivity contribution in [3.8, 4) is 5.75 Å². The van der Waals surface area contributed by atoms with Gasteiger partial charge in [-0.1, -0.05) is 12.1 Å². The fourth-order valence-corrected chi connectivity index (χ4v) is 3.86. The largest absolute Gasteiger partial charge is 0.491 e. The lowest BCUT2D eigenvalue weighted by atomic mass is 10.1. The number of hydrogen-bond donors (Lipinski definition) is 2. The molecule has 5 heteroatoms. The van der Waals surface area contributed by atoms with Gasteiger partial charge < -0.3 is 15.4 Å². The van der Waals surface area contributed by atoms with E-state index >= 15 is 0 Å². The lowest BCUT2D eigenvalue weighted by molar-refractivity contribution is 0.242. The standard InChI is InChI=1S/C18H29N3OS/c1-14(2)22-16-8-6-15(7-9-16)12-20-17(19-4)21-13-18(3)10-5-11-23-18/h6-9,14H,5,10-13H2,1-4H3,(H2,19,20,21). The van der Waals surface area contributed by atoms with Crippen molar-refractivity contribution in [2.24, 2.45) is 4.99 Å². The van der Waals surface area contributed by atoms with E-state index in [2.05, 4.69) is 46.4 Å². The van der Waals surface area contributed by atoms with E-state index in [0.717, 1.165) is 24.8 Å². The lowest BCUT2D eigenvalue weighted by Gasteiger charge is -2.24. The van der Waals surface area contributed by atoms with Crippen molar-refractivity contribution in [2.45, 2.75) is 51.0 Å². The van der Waals surface area contributed by atoms with Gasteiger partial charge >= 0.3 is 0 Å². The number of aliphatic imine (C=N–C) groups is 1. The van der Waals surface area contributed by atoms with Gasteiger partial charge in [0.1, 0.15) is 5.75 Å². The van der Waals surface area contributed by atoms with Gasteiger partial charge in [0.15, 0.2) is 5.96 Å². The molecular weight excluding hydrogens is 306 g/mol. The first-order chi connectivity index (χ1) is 11.0. The quantitative estimate of drug-likeness (QED) is 0.618. The Kier molecular flexibility index (Phi) is 6.63. The first kappa shape index (κ1) is 18.0. The Hall–Kier alpha value is -1.36. The van der Waals surface area contributed by atoms with Crippen LogP contribution in [0.3, 0.4) is 0 Å². The second-order valence-corrected chi connectivity index (χ2v) is 8.17. The molecule has 0 spiro atoms. The zero-order chi connectivity index (χ0) is 16.7. The average molecular weight is 336 g/mol. The molecule has 0 bridgehead atoms. The van der Waals surface area contributed by atoms with Gasteiger partial charge in [-0.05, 0) is 57.1 Å². The van der Waals surface area contributed by atoms with E-state index in [4.69, 9.17) is 4.74 Å². The second kappa shape index (κ2) is 8.48. The highest BCUT2D eigenvalue weighted by atomic mass is 32.2. The van der Waals surface area contributed by atoms with Crippen LogP contribution in [0.25, 0.3) is 0 Å². The van der Waals surface area contributed by atoms with E-state index < -0.39 is 0 Å². The van der Waals surface area contributed by atoms with Crippen molar-refractivity contribution in [1.82, 2.24) is 10.6 Å².